The Bertz CT molecular complexity index is 1550. The van der Waals surface area contributed by atoms with Gasteiger partial charge in [-0.05, 0) is 138 Å². The molecule has 0 bridgehead atoms. The predicted molar refractivity (Wildman–Crippen MR) is 274 cm³/mol. The number of nitrogens with two attached hydrogens (primary N) is 2. The van der Waals surface area contributed by atoms with Gasteiger partial charge in [-0.2, -0.15) is 0 Å². The Balaban J connectivity index is 0. The molecule has 2 amide bonds. The summed E-state index contributed by atoms with van der Waals surface area (Å²) in [6.07, 6.45) is 27.4. The number of rotatable bonds is 40. The fourth-order valence-electron chi connectivity index (χ4n) is 6.96. The minimum absolute atomic E-state index is 0.0186. The average Bonchev–Trinajstić information content (AvgIpc) is 3.36. The molecule has 0 unspecified atom stereocenters. The molecular formula is C54H90N6O12. The summed E-state index contributed by atoms with van der Waals surface area (Å²) in [7, 11) is 0. The van der Waals surface area contributed by atoms with Gasteiger partial charge in [0.1, 0.15) is 11.6 Å². The molecule has 0 fully saturated rings. The van der Waals surface area contributed by atoms with Gasteiger partial charge in [0.05, 0.1) is 36.2 Å². The maximum Gasteiger partial charge on any atom is 0.335 e. The van der Waals surface area contributed by atoms with E-state index in [-0.39, 0.29) is 34.1 Å². The topological polar surface area (TPSA) is 355 Å². The molecule has 408 valence electrons. The summed E-state index contributed by atoms with van der Waals surface area (Å²) in [5.74, 6) is -4.12. The number of carbonyl (C=O) groups is 8. The lowest BCUT2D eigenvalue weighted by Crippen LogP contribution is -2.50. The van der Waals surface area contributed by atoms with Crippen molar-refractivity contribution in [3.05, 3.63) is 70.8 Å². The molecule has 0 saturated heterocycles. The van der Waals surface area contributed by atoms with Gasteiger partial charge in [0.25, 0.3) is 0 Å². The third kappa shape index (κ3) is 44.4. The van der Waals surface area contributed by atoms with E-state index >= 15 is 0 Å². The fraction of sp³-hybridized carbons (Fsp3) is 0.630. The number of ketones is 2. The second-order valence-electron chi connectivity index (χ2n) is 17.7. The molecule has 0 saturated carbocycles. The molecule has 2 aromatic rings. The van der Waals surface area contributed by atoms with Crippen LogP contribution in [0.25, 0.3) is 0 Å². The highest BCUT2D eigenvalue weighted by molar-refractivity contribution is 5.94. The van der Waals surface area contributed by atoms with Crippen LogP contribution in [0.1, 0.15) is 221 Å². The van der Waals surface area contributed by atoms with E-state index in [1.165, 1.54) is 87.8 Å². The van der Waals surface area contributed by atoms with Crippen LogP contribution in [0.4, 0.5) is 0 Å². The molecule has 2 aromatic carbocycles. The van der Waals surface area contributed by atoms with E-state index in [2.05, 4.69) is 22.1 Å². The third-order valence-corrected chi connectivity index (χ3v) is 11.2. The first-order valence-electron chi connectivity index (χ1n) is 26.3. The lowest BCUT2D eigenvalue weighted by molar-refractivity contribution is -0.368. The molecule has 0 heterocycles. The maximum absolute atomic E-state index is 11.8. The van der Waals surface area contributed by atoms with Crippen LogP contribution in [-0.4, -0.2) is 96.7 Å². The zero-order valence-corrected chi connectivity index (χ0v) is 43.2. The van der Waals surface area contributed by atoms with Crippen molar-refractivity contribution in [2.24, 2.45) is 11.5 Å². The van der Waals surface area contributed by atoms with Crippen molar-refractivity contribution in [1.82, 2.24) is 10.6 Å². The first kappa shape index (κ1) is 68.5. The number of amides is 2. The number of nitrogens with one attached hydrogen (secondary N) is 2. The number of carboxylic acid groups (broad SMARTS) is 4. The third-order valence-electron chi connectivity index (χ3n) is 11.2. The van der Waals surface area contributed by atoms with E-state index in [0.717, 1.165) is 141 Å². The zero-order valence-electron chi connectivity index (χ0n) is 43.2. The molecule has 0 aromatic heterocycles. The molecular weight excluding hydrogens is 925 g/mol. The minimum atomic E-state index is -1.40. The molecule has 2 rings (SSSR count). The van der Waals surface area contributed by atoms with Gasteiger partial charge >= 0.3 is 11.9 Å². The summed E-state index contributed by atoms with van der Waals surface area (Å²) >= 11 is 0. The highest BCUT2D eigenvalue weighted by Gasteiger charge is 2.08. The Morgan fingerprint density at radius 2 is 0.681 bits per heavy atom. The van der Waals surface area contributed by atoms with Gasteiger partial charge in [-0.1, -0.05) is 75.6 Å². The Hall–Kier alpha value is -5.56. The molecule has 0 atom stereocenters. The average molecular weight is 1020 g/mol. The van der Waals surface area contributed by atoms with Gasteiger partial charge in [-0.25, -0.2) is 9.59 Å². The van der Waals surface area contributed by atoms with Gasteiger partial charge in [0, 0.05) is 51.6 Å². The summed E-state index contributed by atoms with van der Waals surface area (Å²) in [5, 5.41) is 43.4. The van der Waals surface area contributed by atoms with Crippen molar-refractivity contribution in [2.45, 2.75) is 180 Å². The molecule has 0 aliphatic heterocycles. The number of benzene rings is 2. The minimum Gasteiger partial charge on any atom is -0.545 e. The van der Waals surface area contributed by atoms with E-state index in [4.69, 9.17) is 21.7 Å². The number of carbonyl (C=O) groups excluding carboxylic acids is 6. The van der Waals surface area contributed by atoms with Gasteiger partial charge in [0.15, 0.2) is 0 Å². The van der Waals surface area contributed by atoms with Crippen LogP contribution in [0, 0.1) is 0 Å². The summed E-state index contributed by atoms with van der Waals surface area (Å²) < 4.78 is 0. The molecule has 72 heavy (non-hydrogen) atoms. The van der Waals surface area contributed by atoms with Crippen molar-refractivity contribution in [1.29, 1.82) is 0 Å². The Morgan fingerprint density at radius 1 is 0.403 bits per heavy atom. The molecule has 0 aliphatic carbocycles. The highest BCUT2D eigenvalue weighted by Crippen LogP contribution is 2.11. The Labute approximate surface area is 428 Å². The monoisotopic (exact) mass is 1010 g/mol. The van der Waals surface area contributed by atoms with Gasteiger partial charge in [-0.3, -0.25) is 19.2 Å². The second-order valence-corrected chi connectivity index (χ2v) is 17.7. The number of unbranched alkanes of at least 4 members (excludes halogenated alkanes) is 16. The fourth-order valence-corrected chi connectivity index (χ4v) is 6.96. The standard InChI is InChI=1S/2C19H39N3O2.2C8H6O4/c2*20-15-9-3-1-2-6-12-18(23)13-7-8-14-19(24)22-17-11-5-4-10-16-21;2*9-7(10)5-2-1-3-6(4-5)8(11)12/h2*1-17,20-21H2,(H,22,24);2*1-4H,(H,9,10)(H,11,12). The molecule has 0 radical (unpaired) electrons. The first-order chi connectivity index (χ1) is 34.6. The van der Waals surface area contributed by atoms with Crippen molar-refractivity contribution >= 4 is 47.3 Å². The van der Waals surface area contributed by atoms with Crippen LogP contribution in [-0.2, 0) is 19.2 Å². The summed E-state index contributed by atoms with van der Waals surface area (Å²) in [6, 6.07) is 10.0. The lowest BCUT2D eigenvalue weighted by atomic mass is 10.0. The zero-order chi connectivity index (χ0) is 54.0. The van der Waals surface area contributed by atoms with E-state index in [1.54, 1.807) is 0 Å². The molecule has 0 aliphatic rings. The highest BCUT2D eigenvalue weighted by atomic mass is 16.4. The lowest BCUT2D eigenvalue weighted by Gasteiger charge is -2.05. The number of hydrogen-bond acceptors (Lipinski definition) is 12. The van der Waals surface area contributed by atoms with Crippen LogP contribution in [0.5, 0.6) is 0 Å². The largest absolute Gasteiger partial charge is 0.545 e. The number of carboxylic acids is 4. The van der Waals surface area contributed by atoms with Crippen molar-refractivity contribution < 1.29 is 70.2 Å². The van der Waals surface area contributed by atoms with Crippen molar-refractivity contribution in [2.75, 3.05) is 39.3 Å². The molecule has 18 nitrogen and oxygen atoms in total. The summed E-state index contributed by atoms with van der Waals surface area (Å²) in [4.78, 5) is 88.1. The van der Waals surface area contributed by atoms with Crippen LogP contribution in [0.2, 0.25) is 0 Å². The molecule has 0 spiro atoms. The predicted octanol–water partition coefficient (Wildman–Crippen LogP) is 4.16. The van der Waals surface area contributed by atoms with E-state index in [9.17, 15) is 48.6 Å². The van der Waals surface area contributed by atoms with E-state index in [1.807, 2.05) is 0 Å². The van der Waals surface area contributed by atoms with Gasteiger partial charge in [0.2, 0.25) is 11.8 Å². The number of Topliss-reactive ketones (excluding diaryl/α,β-unsaturated/α-hetero) is 2. The first-order valence-corrected chi connectivity index (χ1v) is 26.3. The van der Waals surface area contributed by atoms with E-state index < -0.39 is 23.9 Å². The molecule has 18 heteroatoms. The van der Waals surface area contributed by atoms with Crippen LogP contribution in [0.3, 0.4) is 0 Å². The van der Waals surface area contributed by atoms with Gasteiger partial charge < -0.3 is 63.6 Å². The number of quaternary nitrogens is 2. The number of aromatic carboxylic acids is 4. The smallest absolute Gasteiger partial charge is 0.335 e. The van der Waals surface area contributed by atoms with E-state index in [0.29, 0.717) is 50.1 Å². The summed E-state index contributed by atoms with van der Waals surface area (Å²) in [6.45, 7) is 5.07. The molecule has 14 N–H and O–H groups in total. The number of hydrogen-bond donors (Lipinski definition) is 8. The summed E-state index contributed by atoms with van der Waals surface area (Å²) in [5.41, 5.74) is 18.2. The quantitative estimate of drug-likeness (QED) is 0.0435. The Kier molecular flexibility index (Phi) is 46.7. The van der Waals surface area contributed by atoms with Crippen molar-refractivity contribution in [3.63, 3.8) is 0 Å². The van der Waals surface area contributed by atoms with Gasteiger partial charge in [-0.15, -0.1) is 0 Å². The SMILES string of the molecule is NCCCCCCCC(=O)CCCCC(=O)NCCCCCCN.O=C(O)c1cccc(C(=O)O)c1.O=C([O-])c1cccc(C(=O)[O-])c1.[NH3+]CCCCCCCC(=O)CCCCC(=O)NCCCCCC[NH3+]. The maximum atomic E-state index is 11.8. The second kappa shape index (κ2) is 49.0. The normalized spacial score (nSPS) is 10.3. The van der Waals surface area contributed by atoms with Crippen molar-refractivity contribution in [3.8, 4) is 0 Å². The van der Waals surface area contributed by atoms with Crippen LogP contribution < -0.4 is 43.8 Å². The van der Waals surface area contributed by atoms with Crippen LogP contribution in [0.15, 0.2) is 48.5 Å². The Morgan fingerprint density at radius 3 is 1.01 bits per heavy atom. The van der Waals surface area contributed by atoms with Crippen LogP contribution >= 0.6 is 0 Å².